The number of halogens is 1. The van der Waals surface area contributed by atoms with Gasteiger partial charge in [0.2, 0.25) is 5.91 Å². The molecule has 0 spiro atoms. The Labute approximate surface area is 180 Å². The third-order valence-corrected chi connectivity index (χ3v) is 6.53. The Hall–Kier alpha value is -2.83. The minimum absolute atomic E-state index is 0.0756. The Kier molecular flexibility index (Phi) is 4.53. The average Bonchev–Trinajstić information content (AvgIpc) is 3.33. The summed E-state index contributed by atoms with van der Waals surface area (Å²) in [5, 5.41) is 17.0. The van der Waals surface area contributed by atoms with Crippen LogP contribution < -0.4 is 10.2 Å². The number of thioether (sulfide) groups is 1. The average molecular weight is 462 g/mol. The molecular formula is C23H16BrN3OS. The highest BCUT2D eigenvalue weighted by atomic mass is 79.9. The molecule has 2 aliphatic heterocycles. The van der Waals surface area contributed by atoms with E-state index in [2.05, 4.69) is 21.2 Å². The third-order valence-electron chi connectivity index (χ3n) is 5.07. The number of carbonyl (C=O) groups is 1. The molecule has 1 fully saturated rings. The maximum absolute atomic E-state index is 12.9. The second-order valence-electron chi connectivity index (χ2n) is 6.84. The number of amides is 1. The van der Waals surface area contributed by atoms with Gasteiger partial charge >= 0.3 is 0 Å². The molecule has 4 nitrogen and oxygen atoms in total. The molecule has 0 aliphatic carbocycles. The van der Waals surface area contributed by atoms with E-state index in [1.54, 1.807) is 0 Å². The summed E-state index contributed by atoms with van der Waals surface area (Å²) in [6.07, 6.45) is 0.221. The zero-order valence-corrected chi connectivity index (χ0v) is 17.7. The predicted octanol–water partition coefficient (Wildman–Crippen LogP) is 5.86. The van der Waals surface area contributed by atoms with Crippen molar-refractivity contribution < 1.29 is 4.79 Å². The molecule has 3 aromatic carbocycles. The van der Waals surface area contributed by atoms with Gasteiger partial charge in [-0.2, -0.15) is 0 Å². The molecule has 29 heavy (non-hydrogen) atoms. The van der Waals surface area contributed by atoms with Gasteiger partial charge < -0.3 is 5.32 Å². The molecule has 0 saturated carbocycles. The Balaban J connectivity index is 1.48. The lowest BCUT2D eigenvalue weighted by Crippen LogP contribution is -2.29. The second kappa shape index (κ2) is 7.21. The molecule has 0 aromatic heterocycles. The molecule has 5 rings (SSSR count). The Morgan fingerprint density at radius 1 is 1.00 bits per heavy atom. The molecule has 2 N–H and O–H groups in total. The van der Waals surface area contributed by atoms with Crippen molar-refractivity contribution >= 4 is 61.6 Å². The van der Waals surface area contributed by atoms with Crippen LogP contribution in [0.3, 0.4) is 0 Å². The lowest BCUT2D eigenvalue weighted by molar-refractivity contribution is -0.116. The smallest absolute Gasteiger partial charge is 0.237 e. The number of hydrogen-bond acceptors (Lipinski definition) is 4. The van der Waals surface area contributed by atoms with Gasteiger partial charge in [-0.05, 0) is 29.1 Å². The Morgan fingerprint density at radius 2 is 1.76 bits per heavy atom. The first-order valence-corrected chi connectivity index (χ1v) is 10.8. The number of nitrogens with one attached hydrogen (secondary N) is 2. The van der Waals surface area contributed by atoms with Crippen LogP contribution >= 0.6 is 27.7 Å². The molecule has 1 saturated heterocycles. The fraction of sp³-hybridized carbons (Fsp3) is 0.0435. The molecule has 0 atom stereocenters. The Morgan fingerprint density at radius 3 is 2.59 bits per heavy atom. The number of nitrogens with zero attached hydrogens (tertiary/aromatic N) is 1. The highest BCUT2D eigenvalue weighted by molar-refractivity contribution is 9.10. The number of anilines is 1. The van der Waals surface area contributed by atoms with Gasteiger partial charge in [-0.3, -0.25) is 15.1 Å². The van der Waals surface area contributed by atoms with Gasteiger partial charge in [0.1, 0.15) is 5.84 Å². The minimum Gasteiger partial charge on any atom is -0.349 e. The van der Waals surface area contributed by atoms with E-state index >= 15 is 0 Å². The van der Waals surface area contributed by atoms with E-state index in [-0.39, 0.29) is 18.2 Å². The SMILES string of the molecule is N=C1/C(=C2/NC(c3ccc(Br)cc3)=CS2)CC(=O)N1c1cccc2ccccc12. The van der Waals surface area contributed by atoms with Crippen molar-refractivity contribution in [1.29, 1.82) is 5.41 Å². The fourth-order valence-corrected chi connectivity index (χ4v) is 4.81. The first-order chi connectivity index (χ1) is 14.1. The molecule has 3 aromatic rings. The van der Waals surface area contributed by atoms with Crippen LogP contribution in [0, 0.1) is 5.41 Å². The van der Waals surface area contributed by atoms with E-state index in [4.69, 9.17) is 5.41 Å². The van der Waals surface area contributed by atoms with Gasteiger partial charge in [-0.1, -0.05) is 76.2 Å². The largest absolute Gasteiger partial charge is 0.349 e. The van der Waals surface area contributed by atoms with Gasteiger partial charge in [-0.15, -0.1) is 0 Å². The lowest BCUT2D eigenvalue weighted by Gasteiger charge is -2.18. The first kappa shape index (κ1) is 18.2. The van der Waals surface area contributed by atoms with Crippen LogP contribution in [0.5, 0.6) is 0 Å². The summed E-state index contributed by atoms with van der Waals surface area (Å²) in [5.41, 5.74) is 3.54. The van der Waals surface area contributed by atoms with Gasteiger partial charge in [0.15, 0.2) is 0 Å². The van der Waals surface area contributed by atoms with Crippen molar-refractivity contribution in [1.82, 2.24) is 5.32 Å². The fourth-order valence-electron chi connectivity index (χ4n) is 3.63. The number of fused-ring (bicyclic) bond motifs is 1. The zero-order valence-electron chi connectivity index (χ0n) is 15.3. The number of benzene rings is 3. The number of hydrogen-bond donors (Lipinski definition) is 2. The molecule has 142 valence electrons. The van der Waals surface area contributed by atoms with Crippen molar-refractivity contribution in [2.75, 3.05) is 4.90 Å². The third kappa shape index (κ3) is 3.18. The van der Waals surface area contributed by atoms with E-state index in [0.717, 1.165) is 42.8 Å². The summed E-state index contributed by atoms with van der Waals surface area (Å²) < 4.78 is 1.03. The maximum atomic E-state index is 12.9. The van der Waals surface area contributed by atoms with Gasteiger partial charge in [0, 0.05) is 20.8 Å². The summed E-state index contributed by atoms with van der Waals surface area (Å²) in [5.74, 6) is 0.167. The van der Waals surface area contributed by atoms with Gasteiger partial charge in [0.25, 0.3) is 0 Å². The number of carbonyl (C=O) groups excluding carboxylic acids is 1. The van der Waals surface area contributed by atoms with Crippen LogP contribution in [0.1, 0.15) is 12.0 Å². The Bertz CT molecular complexity index is 1230. The van der Waals surface area contributed by atoms with Crippen LogP contribution in [0.4, 0.5) is 5.69 Å². The first-order valence-electron chi connectivity index (χ1n) is 9.14. The minimum atomic E-state index is -0.0756. The molecule has 6 heteroatoms. The molecule has 2 aliphatic rings. The standard InChI is InChI=1S/C23H16BrN3OS/c24-16-10-8-15(9-11-16)19-13-29-23(26-19)18-12-21(28)27(22(18)25)20-7-3-5-14-4-1-2-6-17(14)20/h1-11,13,25-26H,12H2/b23-18-,25-22?. The molecule has 0 radical (unpaired) electrons. The van der Waals surface area contributed by atoms with Crippen LogP contribution in [-0.2, 0) is 4.79 Å². The van der Waals surface area contributed by atoms with Crippen LogP contribution in [0.25, 0.3) is 16.5 Å². The van der Waals surface area contributed by atoms with E-state index in [1.165, 1.54) is 16.7 Å². The summed E-state index contributed by atoms with van der Waals surface area (Å²) in [7, 11) is 0. The lowest BCUT2D eigenvalue weighted by atomic mass is 10.1. The molecule has 2 heterocycles. The van der Waals surface area contributed by atoms with Crippen LogP contribution in [0.15, 0.2) is 87.2 Å². The van der Waals surface area contributed by atoms with Crippen LogP contribution in [-0.4, -0.2) is 11.7 Å². The molecule has 1 amide bonds. The monoisotopic (exact) mass is 461 g/mol. The number of rotatable bonds is 2. The van der Waals surface area contributed by atoms with Crippen molar-refractivity contribution in [3.63, 3.8) is 0 Å². The maximum Gasteiger partial charge on any atom is 0.237 e. The summed E-state index contributed by atoms with van der Waals surface area (Å²) >= 11 is 4.98. The predicted molar refractivity (Wildman–Crippen MR) is 124 cm³/mol. The van der Waals surface area contributed by atoms with Crippen molar-refractivity contribution in [3.05, 3.63) is 92.8 Å². The van der Waals surface area contributed by atoms with Crippen LogP contribution in [0.2, 0.25) is 0 Å². The van der Waals surface area contributed by atoms with E-state index < -0.39 is 0 Å². The summed E-state index contributed by atoms with van der Waals surface area (Å²) in [6, 6.07) is 21.9. The normalized spacial score (nSPS) is 19.1. The highest BCUT2D eigenvalue weighted by Gasteiger charge is 2.36. The zero-order chi connectivity index (χ0) is 20.0. The van der Waals surface area contributed by atoms with E-state index in [9.17, 15) is 4.79 Å². The number of amidine groups is 1. The summed E-state index contributed by atoms with van der Waals surface area (Å²) in [4.78, 5) is 14.4. The van der Waals surface area contributed by atoms with E-state index in [0.29, 0.717) is 0 Å². The van der Waals surface area contributed by atoms with Crippen molar-refractivity contribution in [3.8, 4) is 0 Å². The van der Waals surface area contributed by atoms with Gasteiger partial charge in [0.05, 0.1) is 22.8 Å². The molecule has 0 bridgehead atoms. The summed E-state index contributed by atoms with van der Waals surface area (Å²) in [6.45, 7) is 0. The second-order valence-corrected chi connectivity index (χ2v) is 8.64. The topological polar surface area (TPSA) is 56.2 Å². The molecule has 0 unspecified atom stereocenters. The van der Waals surface area contributed by atoms with Gasteiger partial charge in [-0.25, -0.2) is 0 Å². The van der Waals surface area contributed by atoms with Crippen molar-refractivity contribution in [2.24, 2.45) is 0 Å². The highest BCUT2D eigenvalue weighted by Crippen LogP contribution is 2.38. The molecular weight excluding hydrogens is 446 g/mol. The van der Waals surface area contributed by atoms with Crippen molar-refractivity contribution in [2.45, 2.75) is 6.42 Å². The van der Waals surface area contributed by atoms with E-state index in [1.807, 2.05) is 72.1 Å². The quantitative estimate of drug-likeness (QED) is 0.502.